The van der Waals surface area contributed by atoms with Gasteiger partial charge >= 0.3 is 0 Å². The number of nitrogens with one attached hydrogen (secondary N) is 2. The first-order chi connectivity index (χ1) is 10.1. The fourth-order valence-corrected chi connectivity index (χ4v) is 3.20. The SMILES string of the molecule is CCCNCc1cc(Br)ccc1N1CCC(NC(C)=O)C1. The van der Waals surface area contributed by atoms with Crippen molar-refractivity contribution >= 4 is 27.5 Å². The predicted molar refractivity (Wildman–Crippen MR) is 90.6 cm³/mol. The highest BCUT2D eigenvalue weighted by Crippen LogP contribution is 2.27. The minimum atomic E-state index is 0.0579. The molecular formula is C16H24BrN3O. The van der Waals surface area contributed by atoms with Gasteiger partial charge in [-0.15, -0.1) is 0 Å². The van der Waals surface area contributed by atoms with Crippen molar-refractivity contribution in [1.82, 2.24) is 10.6 Å². The maximum absolute atomic E-state index is 11.2. The second-order valence-corrected chi connectivity index (χ2v) is 6.50. The number of carbonyl (C=O) groups excluding carboxylic acids is 1. The van der Waals surface area contributed by atoms with Gasteiger partial charge in [-0.25, -0.2) is 0 Å². The van der Waals surface area contributed by atoms with Gasteiger partial charge in [0.2, 0.25) is 5.91 Å². The number of hydrogen-bond acceptors (Lipinski definition) is 3. The molecule has 116 valence electrons. The number of benzene rings is 1. The van der Waals surface area contributed by atoms with Crippen LogP contribution in [0.4, 0.5) is 5.69 Å². The molecule has 0 bridgehead atoms. The van der Waals surface area contributed by atoms with Crippen LogP contribution in [0.2, 0.25) is 0 Å². The Morgan fingerprint density at radius 2 is 2.29 bits per heavy atom. The van der Waals surface area contributed by atoms with Gasteiger partial charge < -0.3 is 15.5 Å². The fraction of sp³-hybridized carbons (Fsp3) is 0.562. The molecule has 1 aromatic carbocycles. The monoisotopic (exact) mass is 353 g/mol. The Labute approximate surface area is 135 Å². The van der Waals surface area contributed by atoms with Gasteiger partial charge in [-0.3, -0.25) is 4.79 Å². The molecule has 0 saturated carbocycles. The Balaban J connectivity index is 2.06. The summed E-state index contributed by atoms with van der Waals surface area (Å²) in [6, 6.07) is 6.71. The van der Waals surface area contributed by atoms with Crippen molar-refractivity contribution in [2.24, 2.45) is 0 Å². The molecule has 2 rings (SSSR count). The molecular weight excluding hydrogens is 330 g/mol. The van der Waals surface area contributed by atoms with Crippen molar-refractivity contribution in [2.75, 3.05) is 24.5 Å². The van der Waals surface area contributed by atoms with E-state index in [0.717, 1.165) is 43.5 Å². The van der Waals surface area contributed by atoms with Crippen LogP contribution in [0.1, 0.15) is 32.3 Å². The number of hydrogen-bond donors (Lipinski definition) is 2. The summed E-state index contributed by atoms with van der Waals surface area (Å²) in [5.74, 6) is 0.0579. The third kappa shape index (κ3) is 4.71. The topological polar surface area (TPSA) is 44.4 Å². The molecule has 0 aliphatic carbocycles. The van der Waals surface area contributed by atoms with Crippen LogP contribution >= 0.6 is 15.9 Å². The molecule has 1 aliphatic rings. The third-order valence-corrected chi connectivity index (χ3v) is 4.21. The number of amides is 1. The van der Waals surface area contributed by atoms with Crippen LogP contribution in [0.25, 0.3) is 0 Å². The van der Waals surface area contributed by atoms with E-state index in [1.807, 2.05) is 0 Å². The first-order valence-corrected chi connectivity index (χ1v) is 8.40. The summed E-state index contributed by atoms with van der Waals surface area (Å²) in [7, 11) is 0. The normalized spacial score (nSPS) is 18.0. The van der Waals surface area contributed by atoms with Crippen LogP contribution in [0.15, 0.2) is 22.7 Å². The summed E-state index contributed by atoms with van der Waals surface area (Å²) in [4.78, 5) is 13.6. The summed E-state index contributed by atoms with van der Waals surface area (Å²) < 4.78 is 1.11. The van der Waals surface area contributed by atoms with Crippen LogP contribution in [0, 0.1) is 0 Å². The van der Waals surface area contributed by atoms with Gasteiger partial charge in [-0.2, -0.15) is 0 Å². The summed E-state index contributed by atoms with van der Waals surface area (Å²) in [5.41, 5.74) is 2.58. The van der Waals surface area contributed by atoms with E-state index >= 15 is 0 Å². The van der Waals surface area contributed by atoms with Gasteiger partial charge in [0.15, 0.2) is 0 Å². The van der Waals surface area contributed by atoms with Crippen molar-refractivity contribution < 1.29 is 4.79 Å². The van der Waals surface area contributed by atoms with Gasteiger partial charge in [-0.1, -0.05) is 22.9 Å². The highest BCUT2D eigenvalue weighted by molar-refractivity contribution is 9.10. The summed E-state index contributed by atoms with van der Waals surface area (Å²) in [6.07, 6.45) is 2.15. The number of nitrogens with zero attached hydrogens (tertiary/aromatic N) is 1. The molecule has 21 heavy (non-hydrogen) atoms. The Bertz CT molecular complexity index is 492. The molecule has 4 nitrogen and oxygen atoms in total. The number of carbonyl (C=O) groups is 1. The van der Waals surface area contributed by atoms with Crippen LogP contribution in [-0.4, -0.2) is 31.6 Å². The maximum atomic E-state index is 11.2. The van der Waals surface area contributed by atoms with E-state index in [4.69, 9.17) is 0 Å². The molecule has 5 heteroatoms. The zero-order valence-electron chi connectivity index (χ0n) is 12.8. The highest BCUT2D eigenvalue weighted by Gasteiger charge is 2.24. The Hall–Kier alpha value is -1.07. The molecule has 1 heterocycles. The molecule has 1 fully saturated rings. The van der Waals surface area contributed by atoms with E-state index in [9.17, 15) is 4.79 Å². The van der Waals surface area contributed by atoms with Gasteiger partial charge in [-0.05, 0) is 43.1 Å². The molecule has 0 radical (unpaired) electrons. The second kappa shape index (κ2) is 7.80. The van der Waals surface area contributed by atoms with Gasteiger partial charge in [0.25, 0.3) is 0 Å². The smallest absolute Gasteiger partial charge is 0.217 e. The lowest BCUT2D eigenvalue weighted by atomic mass is 10.1. The van der Waals surface area contributed by atoms with Crippen molar-refractivity contribution in [3.63, 3.8) is 0 Å². The molecule has 1 saturated heterocycles. The molecule has 2 N–H and O–H groups in total. The Morgan fingerprint density at radius 3 is 3.00 bits per heavy atom. The molecule has 1 atom stereocenters. The van der Waals surface area contributed by atoms with Gasteiger partial charge in [0, 0.05) is 42.8 Å². The molecule has 1 unspecified atom stereocenters. The minimum Gasteiger partial charge on any atom is -0.369 e. The Morgan fingerprint density at radius 1 is 1.48 bits per heavy atom. The number of halogens is 1. The zero-order chi connectivity index (χ0) is 15.2. The van der Waals surface area contributed by atoms with Gasteiger partial charge in [0.1, 0.15) is 0 Å². The summed E-state index contributed by atoms with van der Waals surface area (Å²) >= 11 is 3.56. The number of anilines is 1. The maximum Gasteiger partial charge on any atom is 0.217 e. The lowest BCUT2D eigenvalue weighted by Gasteiger charge is -2.23. The third-order valence-electron chi connectivity index (χ3n) is 3.72. The van der Waals surface area contributed by atoms with Crippen molar-refractivity contribution in [3.05, 3.63) is 28.2 Å². The molecule has 1 aromatic rings. The van der Waals surface area contributed by atoms with Crippen molar-refractivity contribution in [2.45, 2.75) is 39.3 Å². The van der Waals surface area contributed by atoms with E-state index in [2.05, 4.69) is 56.6 Å². The zero-order valence-corrected chi connectivity index (χ0v) is 14.4. The molecule has 1 aliphatic heterocycles. The van der Waals surface area contributed by atoms with Crippen LogP contribution in [0.5, 0.6) is 0 Å². The van der Waals surface area contributed by atoms with Crippen molar-refractivity contribution in [1.29, 1.82) is 0 Å². The highest BCUT2D eigenvalue weighted by atomic mass is 79.9. The lowest BCUT2D eigenvalue weighted by Crippen LogP contribution is -2.35. The van der Waals surface area contributed by atoms with E-state index in [-0.39, 0.29) is 11.9 Å². The van der Waals surface area contributed by atoms with E-state index in [1.54, 1.807) is 6.92 Å². The van der Waals surface area contributed by atoms with E-state index in [0.29, 0.717) is 0 Å². The minimum absolute atomic E-state index is 0.0579. The number of rotatable bonds is 6. The average molecular weight is 354 g/mol. The largest absolute Gasteiger partial charge is 0.369 e. The molecule has 0 spiro atoms. The molecule has 1 amide bonds. The average Bonchev–Trinajstić information content (AvgIpc) is 2.86. The molecule has 0 aromatic heterocycles. The second-order valence-electron chi connectivity index (χ2n) is 5.58. The standard InChI is InChI=1S/C16H24BrN3O/c1-3-7-18-10-13-9-14(17)4-5-16(13)20-8-6-15(11-20)19-12(2)21/h4-5,9,15,18H,3,6-8,10-11H2,1-2H3,(H,19,21). The quantitative estimate of drug-likeness (QED) is 0.772. The first-order valence-electron chi connectivity index (χ1n) is 7.61. The summed E-state index contributed by atoms with van der Waals surface area (Å²) in [5, 5.41) is 6.49. The fourth-order valence-electron chi connectivity index (χ4n) is 2.79. The first kappa shape index (κ1) is 16.3. The van der Waals surface area contributed by atoms with Crippen molar-refractivity contribution in [3.8, 4) is 0 Å². The van der Waals surface area contributed by atoms with Crippen LogP contribution in [0.3, 0.4) is 0 Å². The van der Waals surface area contributed by atoms with E-state index in [1.165, 1.54) is 11.3 Å². The van der Waals surface area contributed by atoms with E-state index < -0.39 is 0 Å². The Kier molecular flexibility index (Phi) is 6.06. The van der Waals surface area contributed by atoms with Crippen LogP contribution in [-0.2, 0) is 11.3 Å². The predicted octanol–water partition coefficient (Wildman–Crippen LogP) is 2.66. The van der Waals surface area contributed by atoms with Crippen LogP contribution < -0.4 is 15.5 Å². The van der Waals surface area contributed by atoms with Gasteiger partial charge in [0.05, 0.1) is 0 Å². The lowest BCUT2D eigenvalue weighted by molar-refractivity contribution is -0.119. The summed E-state index contributed by atoms with van der Waals surface area (Å²) in [6.45, 7) is 7.55.